The van der Waals surface area contributed by atoms with Crippen molar-refractivity contribution in [2.75, 3.05) is 24.7 Å². The smallest absolute Gasteiger partial charge is 0.314 e. The third-order valence-corrected chi connectivity index (χ3v) is 4.62. The van der Waals surface area contributed by atoms with E-state index in [4.69, 9.17) is 8.92 Å². The second-order valence-corrected chi connectivity index (χ2v) is 7.25. The number of thiol groups is 1. The first-order valence-corrected chi connectivity index (χ1v) is 8.35. The summed E-state index contributed by atoms with van der Waals surface area (Å²) >= 11 is 0. The quantitative estimate of drug-likeness (QED) is 0.376. The van der Waals surface area contributed by atoms with E-state index in [9.17, 15) is 21.6 Å². The Bertz CT molecular complexity index is 471. The molecule has 106 valence electrons. The van der Waals surface area contributed by atoms with Gasteiger partial charge in [-0.25, -0.2) is 8.42 Å². The maximum Gasteiger partial charge on any atom is 0.314 e. The van der Waals surface area contributed by atoms with E-state index in [0.29, 0.717) is 6.42 Å². The van der Waals surface area contributed by atoms with Crippen LogP contribution in [0.3, 0.4) is 0 Å². The molecule has 0 aromatic carbocycles. The van der Waals surface area contributed by atoms with Gasteiger partial charge in [-0.2, -0.15) is 8.42 Å². The average Bonchev–Trinajstić information content (AvgIpc) is 2.57. The van der Waals surface area contributed by atoms with Crippen LogP contribution in [0, 0.1) is 5.41 Å². The molecule has 9 heteroatoms. The van der Waals surface area contributed by atoms with Crippen LogP contribution in [0.25, 0.3) is 0 Å². The van der Waals surface area contributed by atoms with Crippen LogP contribution in [0.15, 0.2) is 0 Å². The molecule has 0 aliphatic carbocycles. The minimum atomic E-state index is -3.80. The van der Waals surface area contributed by atoms with Gasteiger partial charge in [-0.05, 0) is 19.8 Å². The summed E-state index contributed by atoms with van der Waals surface area (Å²) in [7, 11) is -6.38. The molecule has 1 fully saturated rings. The largest absolute Gasteiger partial charge is 0.465 e. The molecule has 1 aliphatic rings. The number of hydrogen-bond acceptors (Lipinski definition) is 7. The summed E-state index contributed by atoms with van der Waals surface area (Å²) in [6, 6.07) is 0. The van der Waals surface area contributed by atoms with Gasteiger partial charge in [0.15, 0.2) is 0 Å². The Balaban J connectivity index is 2.44. The molecule has 0 aromatic rings. The highest BCUT2D eigenvalue weighted by Crippen LogP contribution is 2.30. The topological polar surface area (TPSA) is 104 Å². The molecule has 0 bridgehead atoms. The van der Waals surface area contributed by atoms with Crippen LogP contribution in [0.1, 0.15) is 19.8 Å². The first-order valence-electron chi connectivity index (χ1n) is 5.41. The summed E-state index contributed by atoms with van der Waals surface area (Å²) in [5.41, 5.74) is -0.934. The normalized spacial score (nSPS) is 24.4. The van der Waals surface area contributed by atoms with Crippen LogP contribution in [-0.2, 0) is 34.5 Å². The van der Waals surface area contributed by atoms with E-state index >= 15 is 0 Å². The maximum absolute atomic E-state index is 11.4. The maximum atomic E-state index is 11.4. The lowest BCUT2D eigenvalue weighted by molar-refractivity contribution is -0.146. The lowest BCUT2D eigenvalue weighted by atomic mass is 9.91. The summed E-state index contributed by atoms with van der Waals surface area (Å²) in [6.45, 7) is 1.57. The molecule has 1 unspecified atom stereocenters. The van der Waals surface area contributed by atoms with E-state index in [1.807, 2.05) is 0 Å². The van der Waals surface area contributed by atoms with E-state index < -0.39 is 32.2 Å². The van der Waals surface area contributed by atoms with Crippen molar-refractivity contribution in [1.29, 1.82) is 0 Å². The monoisotopic (exact) mass is 300 g/mol. The highest BCUT2D eigenvalue weighted by atomic mass is 32.2. The zero-order valence-electron chi connectivity index (χ0n) is 9.96. The summed E-state index contributed by atoms with van der Waals surface area (Å²) in [4.78, 5) is 11.3. The zero-order valence-corrected chi connectivity index (χ0v) is 11.7. The highest BCUT2D eigenvalue weighted by molar-refractivity contribution is 7.86. The van der Waals surface area contributed by atoms with Gasteiger partial charge in [-0.3, -0.25) is 8.98 Å². The Labute approximate surface area is 108 Å². The van der Waals surface area contributed by atoms with Gasteiger partial charge in [-0.1, -0.05) is 0 Å². The van der Waals surface area contributed by atoms with Gasteiger partial charge in [0.2, 0.25) is 0 Å². The lowest BCUT2D eigenvalue weighted by Crippen LogP contribution is -2.30. The number of carbonyl (C=O) groups excluding carboxylic acids is 1. The Kier molecular flexibility index (Phi) is 5.11. The summed E-state index contributed by atoms with van der Waals surface area (Å²) in [5.74, 6) is -1.04. The molecule has 1 heterocycles. The summed E-state index contributed by atoms with van der Waals surface area (Å²) < 4.78 is 53.0. The molecule has 7 nitrogen and oxygen atoms in total. The fourth-order valence-electron chi connectivity index (χ4n) is 1.43. The van der Waals surface area contributed by atoms with Crippen molar-refractivity contribution in [1.82, 2.24) is 0 Å². The second kappa shape index (κ2) is 5.98. The fourth-order valence-corrected chi connectivity index (χ4v) is 3.11. The summed E-state index contributed by atoms with van der Waals surface area (Å²) in [6.07, 6.45) is 0.399. The van der Waals surface area contributed by atoms with Crippen LogP contribution in [-0.4, -0.2) is 47.5 Å². The van der Waals surface area contributed by atoms with Gasteiger partial charge in [-0.15, -0.1) is 0 Å². The molecule has 0 radical (unpaired) electrons. The number of carbonyl (C=O) groups is 1. The molecule has 18 heavy (non-hydrogen) atoms. The van der Waals surface area contributed by atoms with Crippen LogP contribution in [0.5, 0.6) is 0 Å². The van der Waals surface area contributed by atoms with Crippen LogP contribution in [0.4, 0.5) is 0 Å². The zero-order chi connectivity index (χ0) is 13.8. The lowest BCUT2D eigenvalue weighted by Gasteiger charge is -2.17. The molecular formula is C9H16O7S2. The second-order valence-electron chi connectivity index (χ2n) is 4.38. The Morgan fingerprint density at radius 1 is 1.44 bits per heavy atom. The molecule has 0 aromatic heterocycles. The third-order valence-electron chi connectivity index (χ3n) is 2.67. The first-order chi connectivity index (χ1) is 8.25. The van der Waals surface area contributed by atoms with Crippen molar-refractivity contribution in [2.45, 2.75) is 19.8 Å². The molecular weight excluding hydrogens is 284 g/mol. The molecule has 1 rings (SSSR count). The van der Waals surface area contributed by atoms with Crippen molar-refractivity contribution in [3.8, 4) is 0 Å². The predicted molar refractivity (Wildman–Crippen MR) is 63.2 cm³/mol. The Hall–Kier alpha value is -0.670. The van der Waals surface area contributed by atoms with E-state index in [1.54, 1.807) is 6.92 Å². The number of hydrogen-bond donors (Lipinski definition) is 1. The number of ether oxygens (including phenoxy) is 1. The van der Waals surface area contributed by atoms with Crippen LogP contribution >= 0.6 is 0 Å². The predicted octanol–water partition coefficient (Wildman–Crippen LogP) is -0.713. The standard InChI is InChI=1S/C9H16O7S2/c1-9(3-4-15-8(9)10)7-16-18(13,14)6-2-5-17(11)12/h17H,2-7H2,1H3. The molecule has 0 N–H and O–H groups in total. The molecule has 1 aliphatic heterocycles. The van der Waals surface area contributed by atoms with Crippen molar-refractivity contribution < 1.29 is 30.6 Å². The molecule has 0 amide bonds. The van der Waals surface area contributed by atoms with Crippen molar-refractivity contribution in [3.63, 3.8) is 0 Å². The van der Waals surface area contributed by atoms with E-state index in [2.05, 4.69) is 0 Å². The van der Waals surface area contributed by atoms with Crippen molar-refractivity contribution in [2.24, 2.45) is 5.41 Å². The Morgan fingerprint density at radius 2 is 2.11 bits per heavy atom. The third kappa shape index (κ3) is 4.54. The summed E-state index contributed by atoms with van der Waals surface area (Å²) in [5, 5.41) is 0. The fraction of sp³-hybridized carbons (Fsp3) is 0.889. The first kappa shape index (κ1) is 15.4. The van der Waals surface area contributed by atoms with Crippen molar-refractivity contribution in [3.05, 3.63) is 0 Å². The average molecular weight is 300 g/mol. The van der Waals surface area contributed by atoms with Crippen LogP contribution < -0.4 is 0 Å². The highest BCUT2D eigenvalue weighted by Gasteiger charge is 2.41. The Morgan fingerprint density at radius 3 is 2.61 bits per heavy atom. The molecule has 1 saturated heterocycles. The minimum Gasteiger partial charge on any atom is -0.465 e. The van der Waals surface area contributed by atoms with Gasteiger partial charge in [0.1, 0.15) is 10.7 Å². The van der Waals surface area contributed by atoms with Gasteiger partial charge < -0.3 is 4.74 Å². The SMILES string of the molecule is CC1(COS(=O)(=O)CCC[SH](=O)=O)CCOC1=O. The molecule has 0 spiro atoms. The van der Waals surface area contributed by atoms with Gasteiger partial charge in [0, 0.05) is 5.75 Å². The van der Waals surface area contributed by atoms with E-state index in [0.717, 1.165) is 0 Å². The van der Waals surface area contributed by atoms with E-state index in [-0.39, 0.29) is 31.1 Å². The van der Waals surface area contributed by atoms with Crippen molar-refractivity contribution >= 4 is 26.8 Å². The molecule has 0 saturated carbocycles. The number of rotatable bonds is 7. The molecule has 1 atom stereocenters. The van der Waals surface area contributed by atoms with Gasteiger partial charge in [0.05, 0.1) is 24.4 Å². The van der Waals surface area contributed by atoms with Crippen LogP contribution in [0.2, 0.25) is 0 Å². The number of cyclic esters (lactones) is 1. The van der Waals surface area contributed by atoms with E-state index in [1.165, 1.54) is 0 Å². The van der Waals surface area contributed by atoms with Gasteiger partial charge in [0.25, 0.3) is 10.1 Å². The minimum absolute atomic E-state index is 0.0117. The van der Waals surface area contributed by atoms with Gasteiger partial charge >= 0.3 is 5.97 Å². The number of esters is 1.